The van der Waals surface area contributed by atoms with Crippen LogP contribution < -0.4 is 5.32 Å². The van der Waals surface area contributed by atoms with Gasteiger partial charge in [-0.2, -0.15) is 5.10 Å². The predicted octanol–water partition coefficient (Wildman–Crippen LogP) is 4.78. The van der Waals surface area contributed by atoms with Crippen LogP contribution in [-0.4, -0.2) is 25.5 Å². The summed E-state index contributed by atoms with van der Waals surface area (Å²) in [4.78, 5) is 14.3. The Morgan fingerprint density at radius 3 is 2.70 bits per heavy atom. The Bertz CT molecular complexity index is 1220. The molecule has 1 atom stereocenters. The summed E-state index contributed by atoms with van der Waals surface area (Å²) in [6, 6.07) is 8.74. The smallest absolute Gasteiger partial charge is 0.184 e. The van der Waals surface area contributed by atoms with E-state index in [0.717, 1.165) is 41.3 Å². The molecule has 2 aromatic heterocycles. The van der Waals surface area contributed by atoms with E-state index in [-0.39, 0.29) is 11.2 Å². The summed E-state index contributed by atoms with van der Waals surface area (Å²) in [5.41, 5.74) is 4.81. The molecule has 152 valence electrons. The lowest BCUT2D eigenvalue weighted by Gasteiger charge is -2.21. The Labute approximate surface area is 174 Å². The Balaban J connectivity index is 1.58. The number of anilines is 1. The monoisotopic (exact) mass is 402 g/mol. The molecule has 6 nitrogen and oxygen atoms in total. The number of hydrogen-bond donors (Lipinski definition) is 1. The van der Waals surface area contributed by atoms with Crippen molar-refractivity contribution in [1.29, 1.82) is 0 Å². The van der Waals surface area contributed by atoms with Crippen molar-refractivity contribution in [2.75, 3.05) is 5.32 Å². The lowest BCUT2D eigenvalue weighted by molar-refractivity contribution is 0.577. The van der Waals surface area contributed by atoms with E-state index in [4.69, 9.17) is 20.1 Å². The van der Waals surface area contributed by atoms with Gasteiger partial charge in [-0.3, -0.25) is 4.68 Å². The van der Waals surface area contributed by atoms with Crippen LogP contribution in [0.15, 0.2) is 47.6 Å². The van der Waals surface area contributed by atoms with Gasteiger partial charge in [0.2, 0.25) is 0 Å². The Hall–Kier alpha value is -3.35. The van der Waals surface area contributed by atoms with E-state index in [1.807, 2.05) is 16.8 Å². The Kier molecular flexibility index (Phi) is 4.10. The van der Waals surface area contributed by atoms with Crippen LogP contribution in [0, 0.1) is 5.82 Å². The van der Waals surface area contributed by atoms with Crippen LogP contribution in [0.3, 0.4) is 0 Å². The molecule has 1 aromatic carbocycles. The summed E-state index contributed by atoms with van der Waals surface area (Å²) in [6.07, 6.45) is 1.59. The fraction of sp³-hybridized carbons (Fsp3) is 0.304. The number of halogens is 1. The van der Waals surface area contributed by atoms with Gasteiger partial charge in [-0.25, -0.2) is 19.4 Å². The topological polar surface area (TPSA) is 68.0 Å². The van der Waals surface area contributed by atoms with Gasteiger partial charge in [0.15, 0.2) is 11.6 Å². The van der Waals surface area contributed by atoms with E-state index in [1.54, 1.807) is 12.1 Å². The van der Waals surface area contributed by atoms with E-state index in [0.29, 0.717) is 29.4 Å². The van der Waals surface area contributed by atoms with Gasteiger partial charge >= 0.3 is 0 Å². The Morgan fingerprint density at radius 1 is 1.17 bits per heavy atom. The summed E-state index contributed by atoms with van der Waals surface area (Å²) in [6.45, 7) is 10.8. The molecule has 0 spiro atoms. The van der Waals surface area contributed by atoms with Gasteiger partial charge < -0.3 is 5.32 Å². The summed E-state index contributed by atoms with van der Waals surface area (Å²) in [7, 11) is 0. The largest absolute Gasteiger partial charge is 0.343 e. The number of allylic oxidation sites excluding steroid dienone is 1. The van der Waals surface area contributed by atoms with Crippen molar-refractivity contribution in [2.24, 2.45) is 4.99 Å². The van der Waals surface area contributed by atoms with Crippen molar-refractivity contribution in [1.82, 2.24) is 19.7 Å². The van der Waals surface area contributed by atoms with Gasteiger partial charge in [0, 0.05) is 22.7 Å². The maximum atomic E-state index is 14.1. The number of aliphatic imine (C=N–C) groups is 1. The van der Waals surface area contributed by atoms with E-state index in [2.05, 4.69) is 32.7 Å². The van der Waals surface area contributed by atoms with Crippen molar-refractivity contribution in [3.05, 3.63) is 65.2 Å². The molecule has 0 saturated carbocycles. The minimum atomic E-state index is -0.350. The molecule has 1 unspecified atom stereocenters. The van der Waals surface area contributed by atoms with Crippen molar-refractivity contribution in [2.45, 2.75) is 45.6 Å². The number of nitrogens with zero attached hydrogens (tertiary/aromatic N) is 5. The molecule has 0 radical (unpaired) electrons. The van der Waals surface area contributed by atoms with Gasteiger partial charge in [-0.15, -0.1) is 0 Å². The maximum absolute atomic E-state index is 14.1. The highest BCUT2D eigenvalue weighted by Crippen LogP contribution is 2.52. The first-order valence-electron chi connectivity index (χ1n) is 10.2. The molecule has 3 aromatic rings. The Morgan fingerprint density at radius 2 is 1.97 bits per heavy atom. The third-order valence-electron chi connectivity index (χ3n) is 6.15. The number of benzene rings is 1. The SMILES string of the molecule is C=C1Nc2nc(-c3cc(CC)n(Cc4ccccc4F)n3)nc3c2C1(C)C(CC)=N3. The minimum absolute atomic E-state index is 0.234. The second-order valence-electron chi connectivity index (χ2n) is 7.86. The highest BCUT2D eigenvalue weighted by atomic mass is 19.1. The van der Waals surface area contributed by atoms with Crippen LogP contribution in [0.2, 0.25) is 0 Å². The normalized spacial score (nSPS) is 19.1. The van der Waals surface area contributed by atoms with Crippen molar-refractivity contribution in [3.63, 3.8) is 0 Å². The number of rotatable bonds is 5. The zero-order chi connectivity index (χ0) is 21.0. The molecule has 7 heteroatoms. The summed E-state index contributed by atoms with van der Waals surface area (Å²) in [5.74, 6) is 1.71. The van der Waals surface area contributed by atoms with Crippen LogP contribution in [0.4, 0.5) is 16.0 Å². The molecule has 0 aliphatic carbocycles. The van der Waals surface area contributed by atoms with Crippen LogP contribution >= 0.6 is 0 Å². The van der Waals surface area contributed by atoms with Crippen LogP contribution in [0.1, 0.15) is 44.0 Å². The highest BCUT2D eigenvalue weighted by Gasteiger charge is 2.49. The van der Waals surface area contributed by atoms with Crippen molar-refractivity contribution in [3.8, 4) is 11.5 Å². The second-order valence-corrected chi connectivity index (χ2v) is 7.86. The quantitative estimate of drug-likeness (QED) is 0.667. The van der Waals surface area contributed by atoms with Gasteiger partial charge in [0.1, 0.15) is 17.3 Å². The molecule has 1 N–H and O–H groups in total. The number of hydrogen-bond acceptors (Lipinski definition) is 5. The standard InChI is InChI=1S/C23H23FN6/c1-5-15-11-17(29-30(15)12-14-9-7-8-10-16(14)24)20-27-21-19-22(28-20)26-18(6-2)23(19,4)13(3)25-21/h7-11H,3,5-6,12H2,1-2,4H3,(H,25,27,28). The molecule has 4 heterocycles. The zero-order valence-corrected chi connectivity index (χ0v) is 17.3. The third-order valence-corrected chi connectivity index (χ3v) is 6.15. The molecule has 2 aliphatic rings. The lowest BCUT2D eigenvalue weighted by Crippen LogP contribution is -2.29. The molecular weight excluding hydrogens is 379 g/mol. The molecule has 0 fully saturated rings. The van der Waals surface area contributed by atoms with Crippen LogP contribution in [0.25, 0.3) is 11.5 Å². The minimum Gasteiger partial charge on any atom is -0.343 e. The van der Waals surface area contributed by atoms with Crippen LogP contribution in [-0.2, 0) is 18.4 Å². The third kappa shape index (κ3) is 2.54. The molecular formula is C23H23FN6. The molecule has 0 saturated heterocycles. The molecule has 2 aliphatic heterocycles. The highest BCUT2D eigenvalue weighted by molar-refractivity contribution is 6.07. The van der Waals surface area contributed by atoms with Gasteiger partial charge in [0.25, 0.3) is 0 Å². The fourth-order valence-corrected chi connectivity index (χ4v) is 4.38. The summed E-state index contributed by atoms with van der Waals surface area (Å²) >= 11 is 0. The van der Waals surface area contributed by atoms with Gasteiger partial charge in [0.05, 0.1) is 17.5 Å². The lowest BCUT2D eigenvalue weighted by atomic mass is 9.79. The number of aryl methyl sites for hydroxylation is 1. The first kappa shape index (κ1) is 18.7. The van der Waals surface area contributed by atoms with E-state index >= 15 is 0 Å². The number of nitrogens with one attached hydrogen (secondary N) is 1. The predicted molar refractivity (Wildman–Crippen MR) is 116 cm³/mol. The van der Waals surface area contributed by atoms with E-state index in [1.165, 1.54) is 6.07 Å². The number of aromatic nitrogens is 4. The zero-order valence-electron chi connectivity index (χ0n) is 17.3. The maximum Gasteiger partial charge on any atom is 0.184 e. The van der Waals surface area contributed by atoms with Crippen molar-refractivity contribution < 1.29 is 4.39 Å². The summed E-state index contributed by atoms with van der Waals surface area (Å²) < 4.78 is 16.0. The average Bonchev–Trinajstić information content (AvgIpc) is 3.36. The van der Waals surface area contributed by atoms with Crippen LogP contribution in [0.5, 0.6) is 0 Å². The van der Waals surface area contributed by atoms with E-state index in [9.17, 15) is 4.39 Å². The molecule has 30 heavy (non-hydrogen) atoms. The molecule has 0 amide bonds. The average molecular weight is 402 g/mol. The summed E-state index contributed by atoms with van der Waals surface area (Å²) in [5, 5.41) is 8.03. The van der Waals surface area contributed by atoms with E-state index < -0.39 is 0 Å². The molecule has 0 bridgehead atoms. The first-order valence-corrected chi connectivity index (χ1v) is 10.2. The molecule has 5 rings (SSSR count). The van der Waals surface area contributed by atoms with Gasteiger partial charge in [-0.05, 0) is 31.9 Å². The second kappa shape index (κ2) is 6.58. The first-order chi connectivity index (χ1) is 14.5. The van der Waals surface area contributed by atoms with Crippen molar-refractivity contribution >= 4 is 17.3 Å². The fourth-order valence-electron chi connectivity index (χ4n) is 4.38. The van der Waals surface area contributed by atoms with Gasteiger partial charge in [-0.1, -0.05) is 38.6 Å².